The largest absolute Gasteiger partial charge is 0.497 e. The van der Waals surface area contributed by atoms with E-state index in [4.69, 9.17) is 14.6 Å². The molecule has 4 rings (SSSR count). The van der Waals surface area contributed by atoms with Crippen LogP contribution in [0.5, 0.6) is 17.4 Å². The number of carbonyl (C=O) groups is 1. The summed E-state index contributed by atoms with van der Waals surface area (Å²) in [5.41, 5.74) is 4.28. The van der Waals surface area contributed by atoms with Gasteiger partial charge in [0.1, 0.15) is 11.5 Å². The van der Waals surface area contributed by atoms with Gasteiger partial charge in [0.05, 0.1) is 30.6 Å². The van der Waals surface area contributed by atoms with Crippen molar-refractivity contribution in [2.75, 3.05) is 13.7 Å². The number of methoxy groups -OCH3 is 1. The van der Waals surface area contributed by atoms with Crippen molar-refractivity contribution in [1.29, 1.82) is 0 Å². The van der Waals surface area contributed by atoms with E-state index in [1.807, 2.05) is 96.2 Å². The highest BCUT2D eigenvalue weighted by Crippen LogP contribution is 2.32. The molecule has 0 aliphatic carbocycles. The molecular formula is C29H31N3O3. The number of amides is 1. The Labute approximate surface area is 206 Å². The number of aromatic nitrogens is 2. The van der Waals surface area contributed by atoms with Gasteiger partial charge in [-0.15, -0.1) is 0 Å². The topological polar surface area (TPSA) is 56.6 Å². The standard InChI is InChI=1S/C29H31N3O3/c1-5-17-31(28(33)23-12-10-15-25(19-23)34-4)20-27-22(3)30-32(24-13-7-6-8-14-24)29(27)35-26-16-9-11-21(2)18-26/h6-16,18-19H,5,17,20H2,1-4H3. The number of hydrogen-bond donors (Lipinski definition) is 0. The molecule has 0 bridgehead atoms. The highest BCUT2D eigenvalue weighted by molar-refractivity contribution is 5.94. The van der Waals surface area contributed by atoms with Crippen molar-refractivity contribution in [3.63, 3.8) is 0 Å². The second kappa shape index (κ2) is 10.9. The molecule has 1 heterocycles. The summed E-state index contributed by atoms with van der Waals surface area (Å²) in [5.74, 6) is 1.94. The fourth-order valence-corrected chi connectivity index (χ4v) is 4.01. The Morgan fingerprint density at radius 1 is 0.943 bits per heavy atom. The van der Waals surface area contributed by atoms with Gasteiger partial charge in [0.2, 0.25) is 5.88 Å². The SMILES string of the molecule is CCCN(Cc1c(C)nn(-c2ccccc2)c1Oc1cccc(C)c1)C(=O)c1cccc(OC)c1. The van der Waals surface area contributed by atoms with Crippen molar-refractivity contribution < 1.29 is 14.3 Å². The number of ether oxygens (including phenoxy) is 2. The summed E-state index contributed by atoms with van der Waals surface area (Å²) in [6.45, 7) is 7.04. The second-order valence-corrected chi connectivity index (χ2v) is 8.49. The third-order valence-corrected chi connectivity index (χ3v) is 5.79. The summed E-state index contributed by atoms with van der Waals surface area (Å²) in [7, 11) is 1.60. The molecule has 4 aromatic rings. The molecule has 3 aromatic carbocycles. The molecular weight excluding hydrogens is 438 g/mol. The van der Waals surface area contributed by atoms with Crippen molar-refractivity contribution in [1.82, 2.24) is 14.7 Å². The highest BCUT2D eigenvalue weighted by atomic mass is 16.5. The van der Waals surface area contributed by atoms with Crippen LogP contribution in [0.2, 0.25) is 0 Å². The lowest BCUT2D eigenvalue weighted by molar-refractivity contribution is 0.0741. The van der Waals surface area contributed by atoms with Crippen molar-refractivity contribution in [2.45, 2.75) is 33.7 Å². The van der Waals surface area contributed by atoms with E-state index in [0.717, 1.165) is 34.7 Å². The predicted molar refractivity (Wildman–Crippen MR) is 138 cm³/mol. The molecule has 0 spiro atoms. The van der Waals surface area contributed by atoms with Gasteiger partial charge in [-0.25, -0.2) is 4.68 Å². The number of rotatable bonds is 9. The molecule has 0 atom stereocenters. The summed E-state index contributed by atoms with van der Waals surface area (Å²) in [6.07, 6.45) is 0.829. The van der Waals surface area contributed by atoms with Gasteiger partial charge >= 0.3 is 0 Å². The van der Waals surface area contributed by atoms with Crippen LogP contribution in [0.3, 0.4) is 0 Å². The maximum atomic E-state index is 13.5. The number of nitrogens with zero attached hydrogens (tertiary/aromatic N) is 3. The molecule has 0 radical (unpaired) electrons. The maximum Gasteiger partial charge on any atom is 0.254 e. The van der Waals surface area contributed by atoms with Crippen LogP contribution >= 0.6 is 0 Å². The quantitative estimate of drug-likeness (QED) is 0.287. The van der Waals surface area contributed by atoms with Crippen LogP contribution in [0.4, 0.5) is 0 Å². The minimum absolute atomic E-state index is 0.0564. The molecule has 6 heteroatoms. The lowest BCUT2D eigenvalue weighted by Crippen LogP contribution is -2.31. The minimum atomic E-state index is -0.0564. The maximum absolute atomic E-state index is 13.5. The van der Waals surface area contributed by atoms with E-state index >= 15 is 0 Å². The molecule has 0 aliphatic heterocycles. The number of aryl methyl sites for hydroxylation is 2. The van der Waals surface area contributed by atoms with Crippen molar-refractivity contribution in [3.05, 3.63) is 101 Å². The zero-order valence-electron chi connectivity index (χ0n) is 20.7. The molecule has 35 heavy (non-hydrogen) atoms. The Bertz CT molecular complexity index is 1300. The third-order valence-electron chi connectivity index (χ3n) is 5.79. The van der Waals surface area contributed by atoms with E-state index in [2.05, 4.69) is 6.92 Å². The molecule has 1 amide bonds. The van der Waals surface area contributed by atoms with Gasteiger partial charge in [0.15, 0.2) is 0 Å². The lowest BCUT2D eigenvalue weighted by Gasteiger charge is -2.23. The molecule has 180 valence electrons. The van der Waals surface area contributed by atoms with E-state index in [0.29, 0.717) is 30.3 Å². The van der Waals surface area contributed by atoms with E-state index in [-0.39, 0.29) is 5.91 Å². The number of para-hydroxylation sites is 1. The van der Waals surface area contributed by atoms with Crippen molar-refractivity contribution in [2.24, 2.45) is 0 Å². The van der Waals surface area contributed by atoms with Crippen LogP contribution in [0.25, 0.3) is 5.69 Å². The number of hydrogen-bond acceptors (Lipinski definition) is 4. The summed E-state index contributed by atoms with van der Waals surface area (Å²) >= 11 is 0. The normalized spacial score (nSPS) is 10.7. The molecule has 0 fully saturated rings. The van der Waals surface area contributed by atoms with Gasteiger partial charge in [-0.1, -0.05) is 43.3 Å². The Morgan fingerprint density at radius 3 is 2.40 bits per heavy atom. The average molecular weight is 470 g/mol. The van der Waals surface area contributed by atoms with Crippen LogP contribution in [0.15, 0.2) is 78.9 Å². The Morgan fingerprint density at radius 2 is 1.69 bits per heavy atom. The smallest absolute Gasteiger partial charge is 0.254 e. The molecule has 0 saturated heterocycles. The molecule has 0 unspecified atom stereocenters. The van der Waals surface area contributed by atoms with Crippen LogP contribution in [0.1, 0.15) is 40.5 Å². The van der Waals surface area contributed by atoms with Crippen LogP contribution in [-0.2, 0) is 6.54 Å². The second-order valence-electron chi connectivity index (χ2n) is 8.49. The summed E-state index contributed by atoms with van der Waals surface area (Å²) in [4.78, 5) is 15.4. The van der Waals surface area contributed by atoms with Gasteiger partial charge in [-0.2, -0.15) is 5.10 Å². The van der Waals surface area contributed by atoms with Gasteiger partial charge < -0.3 is 14.4 Å². The lowest BCUT2D eigenvalue weighted by atomic mass is 10.1. The van der Waals surface area contributed by atoms with E-state index < -0.39 is 0 Å². The number of benzene rings is 3. The van der Waals surface area contributed by atoms with Crippen LogP contribution < -0.4 is 9.47 Å². The fourth-order valence-electron chi connectivity index (χ4n) is 4.01. The summed E-state index contributed by atoms with van der Waals surface area (Å²) in [6, 6.07) is 25.1. The molecule has 0 saturated carbocycles. The van der Waals surface area contributed by atoms with Gasteiger partial charge in [0, 0.05) is 12.1 Å². The van der Waals surface area contributed by atoms with E-state index in [1.54, 1.807) is 13.2 Å². The van der Waals surface area contributed by atoms with Gasteiger partial charge in [-0.05, 0) is 68.3 Å². The summed E-state index contributed by atoms with van der Waals surface area (Å²) < 4.78 is 13.6. The molecule has 1 aromatic heterocycles. The minimum Gasteiger partial charge on any atom is -0.497 e. The molecule has 0 aliphatic rings. The van der Waals surface area contributed by atoms with Gasteiger partial charge in [0.25, 0.3) is 5.91 Å². The van der Waals surface area contributed by atoms with Gasteiger partial charge in [-0.3, -0.25) is 4.79 Å². The molecule has 6 nitrogen and oxygen atoms in total. The average Bonchev–Trinajstić information content (AvgIpc) is 3.18. The Balaban J connectivity index is 1.75. The third kappa shape index (κ3) is 5.54. The fraction of sp³-hybridized carbons (Fsp3) is 0.241. The predicted octanol–water partition coefficient (Wildman–Crippen LogP) is 6.34. The first kappa shape index (κ1) is 24.1. The monoisotopic (exact) mass is 469 g/mol. The van der Waals surface area contributed by atoms with Crippen LogP contribution in [0, 0.1) is 13.8 Å². The number of carbonyl (C=O) groups excluding carboxylic acids is 1. The Kier molecular flexibility index (Phi) is 7.51. The zero-order chi connectivity index (χ0) is 24.8. The van der Waals surface area contributed by atoms with Crippen LogP contribution in [-0.4, -0.2) is 34.2 Å². The summed E-state index contributed by atoms with van der Waals surface area (Å²) in [5, 5.41) is 4.81. The molecule has 0 N–H and O–H groups in total. The highest BCUT2D eigenvalue weighted by Gasteiger charge is 2.24. The first-order valence-electron chi connectivity index (χ1n) is 11.8. The first-order chi connectivity index (χ1) is 17.0. The van der Waals surface area contributed by atoms with E-state index in [9.17, 15) is 4.79 Å². The van der Waals surface area contributed by atoms with Crippen molar-refractivity contribution >= 4 is 5.91 Å². The van der Waals surface area contributed by atoms with Crippen molar-refractivity contribution in [3.8, 4) is 23.1 Å². The van der Waals surface area contributed by atoms with E-state index in [1.165, 1.54) is 0 Å². The zero-order valence-corrected chi connectivity index (χ0v) is 20.7. The first-order valence-corrected chi connectivity index (χ1v) is 11.8. The Hall–Kier alpha value is -4.06.